The molecule has 0 bridgehead atoms. The Labute approximate surface area is 205 Å². The Morgan fingerprint density at radius 2 is 1.59 bits per heavy atom. The molecule has 0 aliphatic heterocycles. The number of anilines is 1. The van der Waals surface area contributed by atoms with Gasteiger partial charge in [0.25, 0.3) is 5.91 Å². The fourth-order valence-corrected chi connectivity index (χ4v) is 2.94. The van der Waals surface area contributed by atoms with Crippen LogP contribution in [0.4, 0.5) is 5.69 Å². The van der Waals surface area contributed by atoms with Crippen LogP contribution in [0.25, 0.3) is 0 Å². The minimum absolute atomic E-state index is 0.186. The summed E-state index contributed by atoms with van der Waals surface area (Å²) in [5, 5.41) is 9.94. The Morgan fingerprint density at radius 1 is 0.882 bits per heavy atom. The predicted molar refractivity (Wildman–Crippen MR) is 131 cm³/mol. The molecule has 3 aromatic rings. The maximum Gasteiger partial charge on any atom is 0.329 e. The largest absolute Gasteiger partial charge is 0.484 e. The molecule has 3 amide bonds. The first kappa shape index (κ1) is 24.8. The lowest BCUT2D eigenvalue weighted by Crippen LogP contribution is -2.37. The van der Waals surface area contributed by atoms with E-state index >= 15 is 0 Å². The summed E-state index contributed by atoms with van der Waals surface area (Å²) >= 11 is 11.8. The molecule has 10 heteroatoms. The first-order chi connectivity index (χ1) is 16.4. The third kappa shape index (κ3) is 7.91. The van der Waals surface area contributed by atoms with Gasteiger partial charge in [0.15, 0.2) is 6.61 Å². The molecule has 0 aliphatic carbocycles. The summed E-state index contributed by atoms with van der Waals surface area (Å²) in [6.07, 6.45) is 1.37. The number of benzene rings is 3. The van der Waals surface area contributed by atoms with Crippen LogP contribution in [-0.4, -0.2) is 30.5 Å². The van der Waals surface area contributed by atoms with E-state index in [4.69, 9.17) is 27.9 Å². The standard InChI is InChI=1S/C24H20Cl2N4O4/c25-18-9-5-16(6-10-18)13-27-23(32)24(33)30-28-14-17-7-11-19(12-8-17)34-15-22(31)29-21-4-2-1-3-20(21)26/h1-12,14H,13,15H2,(H,27,32)(H,29,31)(H,30,33)/b28-14-. The highest BCUT2D eigenvalue weighted by Crippen LogP contribution is 2.20. The van der Waals surface area contributed by atoms with Crippen molar-refractivity contribution < 1.29 is 19.1 Å². The second kappa shape index (κ2) is 12.4. The van der Waals surface area contributed by atoms with Gasteiger partial charge in [-0.3, -0.25) is 14.4 Å². The van der Waals surface area contributed by atoms with Crippen molar-refractivity contribution in [2.24, 2.45) is 5.10 Å². The van der Waals surface area contributed by atoms with Crippen molar-refractivity contribution in [2.75, 3.05) is 11.9 Å². The lowest BCUT2D eigenvalue weighted by atomic mass is 10.2. The van der Waals surface area contributed by atoms with Crippen LogP contribution in [0.15, 0.2) is 77.9 Å². The summed E-state index contributed by atoms with van der Waals surface area (Å²) in [6, 6.07) is 20.4. The van der Waals surface area contributed by atoms with Crippen LogP contribution in [0.1, 0.15) is 11.1 Å². The van der Waals surface area contributed by atoms with Crippen LogP contribution < -0.4 is 20.8 Å². The number of halogens is 2. The molecule has 3 aromatic carbocycles. The number of nitrogens with zero attached hydrogens (tertiary/aromatic N) is 1. The van der Waals surface area contributed by atoms with Gasteiger partial charge < -0.3 is 15.4 Å². The number of ether oxygens (including phenoxy) is 1. The third-order valence-corrected chi connectivity index (χ3v) is 4.93. The molecule has 0 atom stereocenters. The van der Waals surface area contributed by atoms with E-state index < -0.39 is 11.8 Å². The summed E-state index contributed by atoms with van der Waals surface area (Å²) in [4.78, 5) is 35.7. The van der Waals surface area contributed by atoms with E-state index in [9.17, 15) is 14.4 Å². The molecule has 0 heterocycles. The van der Waals surface area contributed by atoms with E-state index in [0.29, 0.717) is 27.0 Å². The first-order valence-corrected chi connectivity index (χ1v) is 10.8. The molecule has 0 saturated carbocycles. The number of hydrazone groups is 1. The van der Waals surface area contributed by atoms with E-state index in [0.717, 1.165) is 5.56 Å². The van der Waals surface area contributed by atoms with Crippen LogP contribution in [-0.2, 0) is 20.9 Å². The monoisotopic (exact) mass is 498 g/mol. The van der Waals surface area contributed by atoms with Gasteiger partial charge in [-0.2, -0.15) is 5.10 Å². The van der Waals surface area contributed by atoms with Crippen LogP contribution in [0.5, 0.6) is 5.75 Å². The van der Waals surface area contributed by atoms with Crippen molar-refractivity contribution >= 4 is 52.8 Å². The zero-order valence-electron chi connectivity index (χ0n) is 17.8. The maximum absolute atomic E-state index is 12.0. The van der Waals surface area contributed by atoms with Crippen LogP contribution in [0.3, 0.4) is 0 Å². The normalized spacial score (nSPS) is 10.5. The zero-order chi connectivity index (χ0) is 24.3. The van der Waals surface area contributed by atoms with Gasteiger partial charge in [0.2, 0.25) is 0 Å². The second-order valence-corrected chi connectivity index (χ2v) is 7.74. The highest BCUT2D eigenvalue weighted by molar-refractivity contribution is 6.35. The summed E-state index contributed by atoms with van der Waals surface area (Å²) in [7, 11) is 0. The Hall–Kier alpha value is -3.88. The van der Waals surface area contributed by atoms with Crippen LogP contribution in [0, 0.1) is 0 Å². The highest BCUT2D eigenvalue weighted by atomic mass is 35.5. The van der Waals surface area contributed by atoms with Gasteiger partial charge in [-0.15, -0.1) is 0 Å². The second-order valence-electron chi connectivity index (χ2n) is 6.89. The van der Waals surface area contributed by atoms with E-state index in [1.165, 1.54) is 6.21 Å². The molecule has 34 heavy (non-hydrogen) atoms. The van der Waals surface area contributed by atoms with Gasteiger partial charge in [-0.05, 0) is 59.7 Å². The molecular formula is C24H20Cl2N4O4. The molecule has 0 unspecified atom stereocenters. The van der Waals surface area contributed by atoms with Crippen molar-refractivity contribution in [3.05, 3.63) is 94.0 Å². The quantitative estimate of drug-likeness (QED) is 0.249. The molecule has 0 fully saturated rings. The summed E-state index contributed by atoms with van der Waals surface area (Å²) in [6.45, 7) is -0.00907. The van der Waals surface area contributed by atoms with Gasteiger partial charge >= 0.3 is 11.8 Å². The number of amides is 3. The van der Waals surface area contributed by atoms with Crippen molar-refractivity contribution in [3.8, 4) is 5.75 Å². The predicted octanol–water partition coefficient (Wildman–Crippen LogP) is 3.78. The van der Waals surface area contributed by atoms with Gasteiger partial charge in [-0.25, -0.2) is 5.43 Å². The average molecular weight is 499 g/mol. The molecule has 3 N–H and O–H groups in total. The Morgan fingerprint density at radius 3 is 2.29 bits per heavy atom. The SMILES string of the molecule is O=C(COc1ccc(/C=N\NC(=O)C(=O)NCc2ccc(Cl)cc2)cc1)Nc1ccccc1Cl. The van der Waals surface area contributed by atoms with Gasteiger partial charge in [0, 0.05) is 11.6 Å². The van der Waals surface area contributed by atoms with Crippen molar-refractivity contribution in [1.29, 1.82) is 0 Å². The summed E-state index contributed by atoms with van der Waals surface area (Å²) in [5.74, 6) is -1.59. The number of carbonyl (C=O) groups is 3. The molecule has 0 saturated heterocycles. The number of carbonyl (C=O) groups excluding carboxylic acids is 3. The topological polar surface area (TPSA) is 109 Å². The van der Waals surface area contributed by atoms with Gasteiger partial charge in [0.1, 0.15) is 5.75 Å². The zero-order valence-corrected chi connectivity index (χ0v) is 19.3. The molecule has 174 valence electrons. The number of hydrogen-bond acceptors (Lipinski definition) is 5. The van der Waals surface area contributed by atoms with E-state index in [-0.39, 0.29) is 19.1 Å². The lowest BCUT2D eigenvalue weighted by Gasteiger charge is -2.08. The highest BCUT2D eigenvalue weighted by Gasteiger charge is 2.12. The van der Waals surface area contributed by atoms with Crippen LogP contribution in [0.2, 0.25) is 10.0 Å². The molecule has 0 aromatic heterocycles. The number of para-hydroxylation sites is 1. The molecule has 0 spiro atoms. The average Bonchev–Trinajstić information content (AvgIpc) is 2.84. The molecule has 8 nitrogen and oxygen atoms in total. The molecule has 0 radical (unpaired) electrons. The number of hydrogen-bond donors (Lipinski definition) is 3. The smallest absolute Gasteiger partial charge is 0.329 e. The summed E-state index contributed by atoms with van der Waals surface area (Å²) < 4.78 is 5.45. The molecule has 3 rings (SSSR count). The number of rotatable bonds is 8. The fraction of sp³-hybridized carbons (Fsp3) is 0.0833. The van der Waals surface area contributed by atoms with E-state index in [2.05, 4.69) is 21.2 Å². The summed E-state index contributed by atoms with van der Waals surface area (Å²) in [5.41, 5.74) is 4.12. The molecular weight excluding hydrogens is 479 g/mol. The first-order valence-electron chi connectivity index (χ1n) is 10.0. The van der Waals surface area contributed by atoms with Gasteiger partial charge in [0.05, 0.1) is 16.9 Å². The Bertz CT molecular complexity index is 1180. The van der Waals surface area contributed by atoms with Gasteiger partial charge in [-0.1, -0.05) is 47.5 Å². The molecule has 0 aliphatic rings. The Balaban J connectivity index is 1.40. The number of nitrogens with one attached hydrogen (secondary N) is 3. The lowest BCUT2D eigenvalue weighted by molar-refractivity contribution is -0.139. The third-order valence-electron chi connectivity index (χ3n) is 4.35. The minimum atomic E-state index is -0.894. The minimum Gasteiger partial charge on any atom is -0.484 e. The Kier molecular flexibility index (Phi) is 9.02. The fourth-order valence-electron chi connectivity index (χ4n) is 2.63. The van der Waals surface area contributed by atoms with Crippen molar-refractivity contribution in [2.45, 2.75) is 6.54 Å². The van der Waals surface area contributed by atoms with E-state index in [1.54, 1.807) is 72.8 Å². The van der Waals surface area contributed by atoms with Crippen LogP contribution >= 0.6 is 23.2 Å². The van der Waals surface area contributed by atoms with Crippen molar-refractivity contribution in [3.63, 3.8) is 0 Å². The maximum atomic E-state index is 12.0. The van der Waals surface area contributed by atoms with Crippen molar-refractivity contribution in [1.82, 2.24) is 10.7 Å². The van der Waals surface area contributed by atoms with E-state index in [1.807, 2.05) is 0 Å².